The van der Waals surface area contributed by atoms with E-state index in [1.165, 1.54) is 6.42 Å². The van der Waals surface area contributed by atoms with Crippen LogP contribution in [0.5, 0.6) is 0 Å². The SMILES string of the molecule is CCCC(C)NCl. The topological polar surface area (TPSA) is 12.0 Å². The van der Waals surface area contributed by atoms with Crippen LogP contribution >= 0.6 is 11.8 Å². The predicted octanol–water partition coefficient (Wildman–Crippen LogP) is 1.92. The van der Waals surface area contributed by atoms with Gasteiger partial charge < -0.3 is 0 Å². The Bertz CT molecular complexity index is 39.1. The Morgan fingerprint density at radius 1 is 1.71 bits per heavy atom. The Balaban J connectivity index is 2.83. The first kappa shape index (κ1) is 7.25. The zero-order valence-corrected chi connectivity index (χ0v) is 5.63. The van der Waals surface area contributed by atoms with Gasteiger partial charge in [0.2, 0.25) is 0 Å². The maximum atomic E-state index is 5.28. The van der Waals surface area contributed by atoms with Crippen molar-refractivity contribution < 1.29 is 0 Å². The fourth-order valence-corrected chi connectivity index (χ4v) is 0.597. The van der Waals surface area contributed by atoms with Crippen LogP contribution in [0, 0.1) is 0 Å². The van der Waals surface area contributed by atoms with Gasteiger partial charge in [-0.2, -0.15) is 0 Å². The summed E-state index contributed by atoms with van der Waals surface area (Å²) in [4.78, 5) is 2.64. The number of halogens is 1. The van der Waals surface area contributed by atoms with E-state index < -0.39 is 0 Å². The van der Waals surface area contributed by atoms with Gasteiger partial charge in [-0.05, 0) is 25.1 Å². The molecule has 0 bridgehead atoms. The van der Waals surface area contributed by atoms with Gasteiger partial charge in [-0.3, -0.25) is 0 Å². The van der Waals surface area contributed by atoms with E-state index in [0.717, 1.165) is 6.42 Å². The van der Waals surface area contributed by atoms with Crippen molar-refractivity contribution in [2.45, 2.75) is 32.7 Å². The summed E-state index contributed by atoms with van der Waals surface area (Å²) >= 11 is 5.28. The van der Waals surface area contributed by atoms with Crippen molar-refractivity contribution >= 4 is 11.8 Å². The molecule has 44 valence electrons. The summed E-state index contributed by atoms with van der Waals surface area (Å²) in [6, 6.07) is 0.465. The van der Waals surface area contributed by atoms with Crippen LogP contribution in [-0.2, 0) is 0 Å². The summed E-state index contributed by atoms with van der Waals surface area (Å²) in [6.07, 6.45) is 2.35. The molecule has 0 saturated carbocycles. The number of nitrogens with one attached hydrogen (secondary N) is 1. The minimum Gasteiger partial charge on any atom is -0.231 e. The molecule has 1 N–H and O–H groups in total. The van der Waals surface area contributed by atoms with Crippen molar-refractivity contribution in [2.24, 2.45) is 0 Å². The van der Waals surface area contributed by atoms with Crippen molar-refractivity contribution in [3.05, 3.63) is 0 Å². The Morgan fingerprint density at radius 3 is 2.43 bits per heavy atom. The molecule has 1 unspecified atom stereocenters. The van der Waals surface area contributed by atoms with E-state index in [2.05, 4.69) is 18.7 Å². The zero-order valence-electron chi connectivity index (χ0n) is 4.87. The van der Waals surface area contributed by atoms with Gasteiger partial charge >= 0.3 is 0 Å². The van der Waals surface area contributed by atoms with Crippen molar-refractivity contribution in [1.82, 2.24) is 4.84 Å². The minimum atomic E-state index is 0.465. The third kappa shape index (κ3) is 4.10. The number of rotatable bonds is 3. The average molecular weight is 122 g/mol. The molecule has 0 radical (unpaired) electrons. The molecule has 0 fully saturated rings. The third-order valence-electron chi connectivity index (χ3n) is 0.908. The monoisotopic (exact) mass is 121 g/mol. The van der Waals surface area contributed by atoms with Gasteiger partial charge in [0.25, 0.3) is 0 Å². The van der Waals surface area contributed by atoms with E-state index in [1.807, 2.05) is 0 Å². The zero-order chi connectivity index (χ0) is 5.70. The molecule has 0 heterocycles. The molecule has 1 nitrogen and oxygen atoms in total. The molecule has 0 saturated heterocycles. The first-order chi connectivity index (χ1) is 3.31. The van der Waals surface area contributed by atoms with Crippen molar-refractivity contribution in [1.29, 1.82) is 0 Å². The molecule has 0 spiro atoms. The van der Waals surface area contributed by atoms with Gasteiger partial charge in [-0.15, -0.1) is 0 Å². The first-order valence-corrected chi connectivity index (χ1v) is 3.05. The van der Waals surface area contributed by atoms with E-state index in [1.54, 1.807) is 0 Å². The van der Waals surface area contributed by atoms with Crippen LogP contribution in [0.2, 0.25) is 0 Å². The highest BCUT2D eigenvalue weighted by molar-refractivity contribution is 6.13. The second-order valence-corrected chi connectivity index (χ2v) is 2.02. The molecule has 0 aliphatic heterocycles. The molecule has 0 aromatic heterocycles. The van der Waals surface area contributed by atoms with E-state index in [0.29, 0.717) is 6.04 Å². The molecular weight excluding hydrogens is 110 g/mol. The second kappa shape index (κ2) is 4.41. The Hall–Kier alpha value is 0.250. The predicted molar refractivity (Wildman–Crippen MR) is 33.4 cm³/mol. The van der Waals surface area contributed by atoms with E-state index in [-0.39, 0.29) is 0 Å². The van der Waals surface area contributed by atoms with Crippen LogP contribution < -0.4 is 4.84 Å². The Labute approximate surface area is 50.2 Å². The lowest BCUT2D eigenvalue weighted by atomic mass is 10.2. The van der Waals surface area contributed by atoms with Gasteiger partial charge in [0.1, 0.15) is 0 Å². The fraction of sp³-hybridized carbons (Fsp3) is 1.00. The standard InChI is InChI=1S/C5H12ClN/c1-3-4-5(2)7-6/h5,7H,3-4H2,1-2H3. The molecule has 1 atom stereocenters. The lowest BCUT2D eigenvalue weighted by Crippen LogP contribution is -2.14. The van der Waals surface area contributed by atoms with E-state index in [9.17, 15) is 0 Å². The molecule has 0 rings (SSSR count). The fourth-order valence-electron chi connectivity index (χ4n) is 0.488. The molecule has 0 aliphatic rings. The minimum absolute atomic E-state index is 0.465. The van der Waals surface area contributed by atoms with E-state index in [4.69, 9.17) is 11.8 Å². The van der Waals surface area contributed by atoms with Gasteiger partial charge in [0, 0.05) is 6.04 Å². The highest BCUT2D eigenvalue weighted by Crippen LogP contribution is 1.93. The summed E-state index contributed by atoms with van der Waals surface area (Å²) in [7, 11) is 0. The second-order valence-electron chi connectivity index (χ2n) is 1.80. The largest absolute Gasteiger partial charge is 0.231 e. The van der Waals surface area contributed by atoms with Gasteiger partial charge in [0.15, 0.2) is 0 Å². The van der Waals surface area contributed by atoms with Crippen LogP contribution in [0.15, 0.2) is 0 Å². The van der Waals surface area contributed by atoms with Crippen LogP contribution in [0.25, 0.3) is 0 Å². The van der Waals surface area contributed by atoms with Gasteiger partial charge in [-0.1, -0.05) is 13.3 Å². The summed E-state index contributed by atoms with van der Waals surface area (Å²) in [5.41, 5.74) is 0. The van der Waals surface area contributed by atoms with Crippen LogP contribution in [0.3, 0.4) is 0 Å². The summed E-state index contributed by atoms with van der Waals surface area (Å²) < 4.78 is 0. The number of hydrogen-bond acceptors (Lipinski definition) is 1. The smallest absolute Gasteiger partial charge is 0.0192 e. The van der Waals surface area contributed by atoms with Crippen LogP contribution in [0.1, 0.15) is 26.7 Å². The molecule has 0 aromatic carbocycles. The highest BCUT2D eigenvalue weighted by Gasteiger charge is 1.92. The normalized spacial score (nSPS) is 14.1. The first-order valence-electron chi connectivity index (χ1n) is 2.67. The van der Waals surface area contributed by atoms with Gasteiger partial charge in [-0.25, -0.2) is 4.84 Å². The summed E-state index contributed by atoms with van der Waals surface area (Å²) in [6.45, 7) is 4.21. The number of hydrogen-bond donors (Lipinski definition) is 1. The van der Waals surface area contributed by atoms with Crippen LogP contribution in [-0.4, -0.2) is 6.04 Å². The molecule has 7 heavy (non-hydrogen) atoms. The maximum absolute atomic E-state index is 5.28. The third-order valence-corrected chi connectivity index (χ3v) is 1.28. The van der Waals surface area contributed by atoms with Crippen LogP contribution in [0.4, 0.5) is 0 Å². The van der Waals surface area contributed by atoms with Gasteiger partial charge in [0.05, 0.1) is 0 Å². The van der Waals surface area contributed by atoms with E-state index >= 15 is 0 Å². The summed E-state index contributed by atoms with van der Waals surface area (Å²) in [5, 5.41) is 0. The lowest BCUT2D eigenvalue weighted by Gasteiger charge is -2.02. The highest BCUT2D eigenvalue weighted by atomic mass is 35.5. The van der Waals surface area contributed by atoms with Crippen molar-refractivity contribution in [2.75, 3.05) is 0 Å². The Kier molecular flexibility index (Phi) is 4.57. The molecule has 0 amide bonds. The summed E-state index contributed by atoms with van der Waals surface area (Å²) in [5.74, 6) is 0. The average Bonchev–Trinajstić information content (AvgIpc) is 1.68. The molecular formula is C5H12ClN. The van der Waals surface area contributed by atoms with Crippen molar-refractivity contribution in [3.8, 4) is 0 Å². The van der Waals surface area contributed by atoms with Crippen molar-refractivity contribution in [3.63, 3.8) is 0 Å². The molecule has 0 aliphatic carbocycles. The quantitative estimate of drug-likeness (QED) is 0.563. The molecule has 0 aromatic rings. The maximum Gasteiger partial charge on any atom is 0.0192 e. The molecule has 2 heteroatoms. The Morgan fingerprint density at radius 2 is 2.29 bits per heavy atom. The lowest BCUT2D eigenvalue weighted by molar-refractivity contribution is 0.612.